The minimum absolute atomic E-state index is 0.0536. The third kappa shape index (κ3) is 3.75. The van der Waals surface area contributed by atoms with E-state index >= 15 is 0 Å². The van der Waals surface area contributed by atoms with Crippen LogP contribution in [0.15, 0.2) is 45.9 Å². The van der Waals surface area contributed by atoms with Crippen molar-refractivity contribution in [3.8, 4) is 0 Å². The van der Waals surface area contributed by atoms with Gasteiger partial charge >= 0.3 is 0 Å². The second-order valence-electron chi connectivity index (χ2n) is 6.84. The highest BCUT2D eigenvalue weighted by Crippen LogP contribution is 2.27. The summed E-state index contributed by atoms with van der Waals surface area (Å²) in [7, 11) is -3.50. The van der Waals surface area contributed by atoms with Gasteiger partial charge in [-0.05, 0) is 57.4 Å². The van der Waals surface area contributed by atoms with Crippen molar-refractivity contribution in [1.29, 1.82) is 0 Å². The van der Waals surface area contributed by atoms with E-state index in [0.717, 1.165) is 18.5 Å². The van der Waals surface area contributed by atoms with Crippen molar-refractivity contribution in [2.24, 2.45) is 0 Å². The van der Waals surface area contributed by atoms with Crippen LogP contribution in [0.5, 0.6) is 0 Å². The normalized spacial score (nSPS) is 15.8. The zero-order valence-electron chi connectivity index (χ0n) is 15.1. The summed E-state index contributed by atoms with van der Waals surface area (Å²) < 4.78 is 32.5. The van der Waals surface area contributed by atoms with Crippen LogP contribution in [0.1, 0.15) is 38.0 Å². The van der Waals surface area contributed by atoms with Gasteiger partial charge in [0.1, 0.15) is 5.76 Å². The highest BCUT2D eigenvalue weighted by Gasteiger charge is 2.30. The van der Waals surface area contributed by atoms with Crippen LogP contribution in [0.25, 0.3) is 0 Å². The van der Waals surface area contributed by atoms with Crippen molar-refractivity contribution in [3.63, 3.8) is 0 Å². The largest absolute Gasteiger partial charge is 0.446 e. The zero-order valence-corrected chi connectivity index (χ0v) is 15.9. The minimum atomic E-state index is -3.50. The molecule has 1 saturated heterocycles. The number of hydrogen-bond acceptors (Lipinski definition) is 4. The van der Waals surface area contributed by atoms with E-state index in [-0.39, 0.29) is 11.1 Å². The number of para-hydroxylation sites is 1. The maximum absolute atomic E-state index is 12.6. The Morgan fingerprint density at radius 2 is 1.80 bits per heavy atom. The van der Waals surface area contributed by atoms with Gasteiger partial charge in [-0.3, -0.25) is 0 Å². The maximum atomic E-state index is 12.6. The lowest BCUT2D eigenvalue weighted by molar-refractivity contribution is 0.385. The highest BCUT2D eigenvalue weighted by atomic mass is 32.2. The molecule has 1 aliphatic rings. The third-order valence-electron chi connectivity index (χ3n) is 4.67. The van der Waals surface area contributed by atoms with Crippen molar-refractivity contribution in [2.75, 3.05) is 18.0 Å². The topological polar surface area (TPSA) is 53.8 Å². The fraction of sp³-hybridized carbons (Fsp3) is 0.474. The molecule has 5 nitrogen and oxygen atoms in total. The standard InChI is InChI=1S/C19H26N2O3S/c1-15(2)21(18-9-5-4-8-16(18)3)14-17-10-11-19(24-17)25(22,23)20-12-6-7-13-20/h4-5,8-11,15H,6-7,12-14H2,1-3H3. The molecule has 0 N–H and O–H groups in total. The molecule has 0 radical (unpaired) electrons. The molecule has 1 aromatic heterocycles. The smallest absolute Gasteiger partial charge is 0.276 e. The SMILES string of the molecule is Cc1ccccc1N(Cc1ccc(S(=O)(=O)N2CCCC2)o1)C(C)C. The lowest BCUT2D eigenvalue weighted by Crippen LogP contribution is -2.30. The molecule has 0 saturated carbocycles. The quantitative estimate of drug-likeness (QED) is 0.784. The van der Waals surface area contributed by atoms with Gasteiger partial charge in [0, 0.05) is 24.8 Å². The predicted octanol–water partition coefficient (Wildman–Crippen LogP) is 3.79. The van der Waals surface area contributed by atoms with Gasteiger partial charge in [0.2, 0.25) is 5.09 Å². The maximum Gasteiger partial charge on any atom is 0.276 e. The van der Waals surface area contributed by atoms with Gasteiger partial charge in [-0.2, -0.15) is 4.31 Å². The first kappa shape index (κ1) is 18.0. The molecular formula is C19H26N2O3S. The van der Waals surface area contributed by atoms with Gasteiger partial charge < -0.3 is 9.32 Å². The Bertz CT molecular complexity index is 821. The Balaban J connectivity index is 1.83. The third-order valence-corrected chi connectivity index (χ3v) is 6.44. The number of nitrogens with zero attached hydrogens (tertiary/aromatic N) is 2. The van der Waals surface area contributed by atoms with E-state index in [2.05, 4.69) is 37.8 Å². The first-order valence-electron chi connectivity index (χ1n) is 8.81. The molecular weight excluding hydrogens is 336 g/mol. The Morgan fingerprint density at radius 3 is 2.44 bits per heavy atom. The van der Waals surface area contributed by atoms with Gasteiger partial charge in [-0.15, -0.1) is 0 Å². The number of benzene rings is 1. The molecule has 1 aliphatic heterocycles. The Labute approximate surface area is 150 Å². The van der Waals surface area contributed by atoms with Gasteiger partial charge in [0.05, 0.1) is 6.54 Å². The average Bonchev–Trinajstić information content (AvgIpc) is 3.25. The molecule has 0 aliphatic carbocycles. The predicted molar refractivity (Wildman–Crippen MR) is 99.2 cm³/mol. The second kappa shape index (κ2) is 7.22. The molecule has 1 fully saturated rings. The molecule has 2 aromatic rings. The molecule has 136 valence electrons. The van der Waals surface area contributed by atoms with E-state index in [1.54, 1.807) is 12.1 Å². The van der Waals surface area contributed by atoms with Crippen LogP contribution >= 0.6 is 0 Å². The van der Waals surface area contributed by atoms with Crippen LogP contribution in [0.4, 0.5) is 5.69 Å². The molecule has 1 aromatic carbocycles. The summed E-state index contributed by atoms with van der Waals surface area (Å²) in [5.74, 6) is 0.662. The van der Waals surface area contributed by atoms with E-state index in [0.29, 0.717) is 25.4 Å². The van der Waals surface area contributed by atoms with Crippen molar-refractivity contribution < 1.29 is 12.8 Å². The summed E-state index contributed by atoms with van der Waals surface area (Å²) in [6, 6.07) is 11.8. The molecule has 3 rings (SSSR count). The van der Waals surface area contributed by atoms with E-state index in [1.807, 2.05) is 12.1 Å². The number of rotatable bonds is 6. The Hall–Kier alpha value is -1.79. The van der Waals surface area contributed by atoms with E-state index < -0.39 is 10.0 Å². The first-order valence-corrected chi connectivity index (χ1v) is 10.2. The molecule has 25 heavy (non-hydrogen) atoms. The fourth-order valence-electron chi connectivity index (χ4n) is 3.24. The fourth-order valence-corrected chi connectivity index (χ4v) is 4.68. The summed E-state index contributed by atoms with van der Waals surface area (Å²) in [6.07, 6.45) is 1.84. The van der Waals surface area contributed by atoms with Gasteiger partial charge in [-0.25, -0.2) is 8.42 Å². The van der Waals surface area contributed by atoms with Crippen molar-refractivity contribution in [1.82, 2.24) is 4.31 Å². The van der Waals surface area contributed by atoms with Gasteiger partial charge in [0.15, 0.2) is 0 Å². The summed E-state index contributed by atoms with van der Waals surface area (Å²) in [6.45, 7) is 8.03. The van der Waals surface area contributed by atoms with Crippen LogP contribution in [0.2, 0.25) is 0 Å². The zero-order chi connectivity index (χ0) is 18.0. The molecule has 0 amide bonds. The van der Waals surface area contributed by atoms with Crippen LogP contribution < -0.4 is 4.90 Å². The number of anilines is 1. The number of hydrogen-bond donors (Lipinski definition) is 0. The minimum Gasteiger partial charge on any atom is -0.446 e. The highest BCUT2D eigenvalue weighted by molar-refractivity contribution is 7.89. The summed E-state index contributed by atoms with van der Waals surface area (Å²) in [5.41, 5.74) is 2.32. The van der Waals surface area contributed by atoms with Crippen LogP contribution in [0, 0.1) is 6.92 Å². The van der Waals surface area contributed by atoms with Gasteiger partial charge in [-0.1, -0.05) is 18.2 Å². The van der Waals surface area contributed by atoms with Crippen molar-refractivity contribution >= 4 is 15.7 Å². The van der Waals surface area contributed by atoms with E-state index in [4.69, 9.17) is 4.42 Å². The van der Waals surface area contributed by atoms with E-state index in [9.17, 15) is 8.42 Å². The number of furan rings is 1. The first-order chi connectivity index (χ1) is 11.9. The summed E-state index contributed by atoms with van der Waals surface area (Å²) in [4.78, 5) is 2.22. The van der Waals surface area contributed by atoms with Crippen LogP contribution in [0.3, 0.4) is 0 Å². The lowest BCUT2D eigenvalue weighted by Gasteiger charge is -2.29. The number of sulfonamides is 1. The van der Waals surface area contributed by atoms with Crippen molar-refractivity contribution in [2.45, 2.75) is 51.3 Å². The monoisotopic (exact) mass is 362 g/mol. The molecule has 0 bridgehead atoms. The van der Waals surface area contributed by atoms with E-state index in [1.165, 1.54) is 9.87 Å². The molecule has 0 spiro atoms. The Kier molecular flexibility index (Phi) is 5.20. The lowest BCUT2D eigenvalue weighted by atomic mass is 10.1. The Morgan fingerprint density at radius 1 is 1.12 bits per heavy atom. The van der Waals surface area contributed by atoms with Crippen molar-refractivity contribution in [3.05, 3.63) is 47.7 Å². The second-order valence-corrected chi connectivity index (χ2v) is 8.71. The average molecular weight is 362 g/mol. The molecule has 0 unspecified atom stereocenters. The summed E-state index contributed by atoms with van der Waals surface area (Å²) in [5, 5.41) is 0.0536. The molecule has 2 heterocycles. The molecule has 0 atom stereocenters. The van der Waals surface area contributed by atoms with Crippen LogP contribution in [-0.4, -0.2) is 31.9 Å². The molecule has 6 heteroatoms. The van der Waals surface area contributed by atoms with Gasteiger partial charge in [0.25, 0.3) is 10.0 Å². The number of aryl methyl sites for hydroxylation is 1. The summed E-state index contributed by atoms with van der Waals surface area (Å²) >= 11 is 0. The van der Waals surface area contributed by atoms with Crippen LogP contribution in [-0.2, 0) is 16.6 Å².